The number of carbonyl (C=O) groups excluding carboxylic acids is 1. The van der Waals surface area contributed by atoms with Crippen molar-refractivity contribution in [2.75, 3.05) is 37.8 Å². The van der Waals surface area contributed by atoms with Gasteiger partial charge >= 0.3 is 0 Å². The fourth-order valence-electron chi connectivity index (χ4n) is 5.04. The standard InChI is InChI=1S/C30H22Cl3N3O3/c31-19-15-22(27(33)24(32)16-19)29-28-21(7-9-34-29)30(36-10-13-38-14-11-36)23(17-35-28)25(37)6-5-18-8-12-39-26-4-2-1-3-20(18)26/h1-4,7,9,15-18H,8,10-14H2. The summed E-state index contributed by atoms with van der Waals surface area (Å²) in [6, 6.07) is 13.0. The normalized spacial score (nSPS) is 16.7. The molecule has 1 fully saturated rings. The number of rotatable bonds is 3. The molecule has 0 radical (unpaired) electrons. The molecule has 1 atom stereocenters. The Hall–Kier alpha value is -3.34. The Morgan fingerprint density at radius 1 is 1.03 bits per heavy atom. The summed E-state index contributed by atoms with van der Waals surface area (Å²) < 4.78 is 11.3. The topological polar surface area (TPSA) is 64.5 Å². The summed E-state index contributed by atoms with van der Waals surface area (Å²) in [6.07, 6.45) is 3.97. The number of para-hydroxylation sites is 1. The van der Waals surface area contributed by atoms with Crippen molar-refractivity contribution in [2.45, 2.75) is 12.3 Å². The first kappa shape index (κ1) is 25.9. The van der Waals surface area contributed by atoms with Gasteiger partial charge in [-0.1, -0.05) is 58.9 Å². The Morgan fingerprint density at radius 3 is 2.69 bits per heavy atom. The molecule has 0 aliphatic carbocycles. The number of benzene rings is 2. The Kier molecular flexibility index (Phi) is 7.33. The number of pyridine rings is 2. The third-order valence-corrected chi connectivity index (χ3v) is 7.92. The molecule has 0 N–H and O–H groups in total. The Labute approximate surface area is 240 Å². The third kappa shape index (κ3) is 5.04. The second-order valence-corrected chi connectivity index (χ2v) is 10.5. The predicted molar refractivity (Wildman–Crippen MR) is 154 cm³/mol. The minimum absolute atomic E-state index is 0.0790. The number of hydrogen-bond donors (Lipinski definition) is 0. The molecule has 4 heterocycles. The summed E-state index contributed by atoms with van der Waals surface area (Å²) in [4.78, 5) is 25.0. The van der Waals surface area contributed by atoms with Crippen molar-refractivity contribution in [3.8, 4) is 28.8 Å². The molecule has 2 aliphatic heterocycles. The smallest absolute Gasteiger partial charge is 0.239 e. The number of ether oxygens (including phenoxy) is 2. The molecule has 6 rings (SSSR count). The maximum absolute atomic E-state index is 13.6. The Bertz CT molecular complexity index is 1660. The molecule has 9 heteroatoms. The molecule has 196 valence electrons. The molecule has 4 aromatic rings. The van der Waals surface area contributed by atoms with Gasteiger partial charge in [0.1, 0.15) is 5.75 Å². The van der Waals surface area contributed by atoms with Crippen molar-refractivity contribution in [1.29, 1.82) is 0 Å². The van der Waals surface area contributed by atoms with E-state index in [9.17, 15) is 4.79 Å². The minimum Gasteiger partial charge on any atom is -0.493 e. The first-order valence-electron chi connectivity index (χ1n) is 12.5. The molecular weight excluding hydrogens is 557 g/mol. The molecular formula is C30H22Cl3N3O3. The van der Waals surface area contributed by atoms with Crippen LogP contribution in [-0.2, 0) is 4.74 Å². The van der Waals surface area contributed by atoms with Crippen LogP contribution in [0.2, 0.25) is 15.1 Å². The zero-order valence-corrected chi connectivity index (χ0v) is 23.0. The van der Waals surface area contributed by atoms with Gasteiger partial charge in [0.25, 0.3) is 0 Å². The highest BCUT2D eigenvalue weighted by Crippen LogP contribution is 2.40. The predicted octanol–water partition coefficient (Wildman–Crippen LogP) is 6.85. The SMILES string of the molecule is O=C(C#CC1CCOc2ccccc21)c1cnc2c(-c3cc(Cl)cc(Cl)c3Cl)nccc2c1N1CCOCC1. The third-order valence-electron chi connectivity index (χ3n) is 6.90. The van der Waals surface area contributed by atoms with E-state index >= 15 is 0 Å². The molecule has 2 aliphatic rings. The maximum Gasteiger partial charge on any atom is 0.239 e. The molecule has 0 amide bonds. The number of aromatic nitrogens is 2. The van der Waals surface area contributed by atoms with Crippen molar-refractivity contribution in [1.82, 2.24) is 9.97 Å². The number of anilines is 1. The van der Waals surface area contributed by atoms with E-state index < -0.39 is 0 Å². The van der Waals surface area contributed by atoms with Crippen LogP contribution < -0.4 is 9.64 Å². The van der Waals surface area contributed by atoms with E-state index in [1.807, 2.05) is 30.3 Å². The molecule has 0 saturated carbocycles. The van der Waals surface area contributed by atoms with Crippen molar-refractivity contribution in [2.24, 2.45) is 0 Å². The van der Waals surface area contributed by atoms with Crippen molar-refractivity contribution < 1.29 is 14.3 Å². The average Bonchev–Trinajstić information content (AvgIpc) is 2.97. The van der Waals surface area contributed by atoms with Crippen LogP contribution in [0.5, 0.6) is 5.75 Å². The van der Waals surface area contributed by atoms with Crippen LogP contribution in [0, 0.1) is 11.8 Å². The first-order valence-corrected chi connectivity index (χ1v) is 13.7. The quantitative estimate of drug-likeness (QED) is 0.115. The van der Waals surface area contributed by atoms with Crippen molar-refractivity contribution >= 4 is 57.2 Å². The van der Waals surface area contributed by atoms with Gasteiger partial charge in [-0.2, -0.15) is 0 Å². The van der Waals surface area contributed by atoms with E-state index in [1.54, 1.807) is 24.5 Å². The molecule has 0 bridgehead atoms. The summed E-state index contributed by atoms with van der Waals surface area (Å²) in [5, 5.41) is 1.85. The lowest BCUT2D eigenvalue weighted by Crippen LogP contribution is -2.37. The fourth-order valence-corrected chi connectivity index (χ4v) is 5.73. The van der Waals surface area contributed by atoms with Crippen molar-refractivity contribution in [3.05, 3.63) is 81.1 Å². The number of Topliss-reactive ketones (excluding diaryl/α,β-unsaturated/α-hetero) is 1. The van der Waals surface area contributed by atoms with E-state index in [0.29, 0.717) is 70.3 Å². The van der Waals surface area contributed by atoms with Crippen LogP contribution in [-0.4, -0.2) is 48.7 Å². The van der Waals surface area contributed by atoms with Gasteiger partial charge in [0, 0.05) is 47.0 Å². The number of nitrogens with zero attached hydrogens (tertiary/aromatic N) is 3. The fraction of sp³-hybridized carbons (Fsp3) is 0.233. The van der Waals surface area contributed by atoms with Crippen LogP contribution in [0.4, 0.5) is 5.69 Å². The first-order chi connectivity index (χ1) is 19.0. The van der Waals surface area contributed by atoms with Gasteiger partial charge in [-0.15, -0.1) is 0 Å². The van der Waals surface area contributed by atoms with Crippen molar-refractivity contribution in [3.63, 3.8) is 0 Å². The zero-order valence-electron chi connectivity index (χ0n) is 20.7. The maximum atomic E-state index is 13.6. The van der Waals surface area contributed by atoms with E-state index in [-0.39, 0.29) is 11.7 Å². The van der Waals surface area contributed by atoms with Gasteiger partial charge in [-0.05, 0) is 36.6 Å². The van der Waals surface area contributed by atoms with E-state index in [2.05, 4.69) is 21.7 Å². The van der Waals surface area contributed by atoms with Gasteiger partial charge in [-0.3, -0.25) is 14.8 Å². The van der Waals surface area contributed by atoms with E-state index in [1.165, 1.54) is 0 Å². The van der Waals surface area contributed by atoms with E-state index in [0.717, 1.165) is 28.8 Å². The lowest BCUT2D eigenvalue weighted by molar-refractivity contribution is 0.105. The van der Waals surface area contributed by atoms with Crippen LogP contribution in [0.3, 0.4) is 0 Å². The zero-order chi connectivity index (χ0) is 26.9. The molecule has 6 nitrogen and oxygen atoms in total. The number of halogens is 3. The summed E-state index contributed by atoms with van der Waals surface area (Å²) in [7, 11) is 0. The van der Waals surface area contributed by atoms with Crippen LogP contribution in [0.15, 0.2) is 54.9 Å². The molecule has 1 saturated heterocycles. The second-order valence-electron chi connectivity index (χ2n) is 9.25. The minimum atomic E-state index is -0.294. The molecule has 39 heavy (non-hydrogen) atoms. The largest absolute Gasteiger partial charge is 0.493 e. The highest BCUT2D eigenvalue weighted by atomic mass is 35.5. The summed E-state index contributed by atoms with van der Waals surface area (Å²) >= 11 is 19.2. The van der Waals surface area contributed by atoms with Crippen LogP contribution in [0.1, 0.15) is 28.3 Å². The van der Waals surface area contributed by atoms with Gasteiger partial charge in [0.15, 0.2) is 0 Å². The Balaban J connectivity index is 1.47. The number of hydrogen-bond acceptors (Lipinski definition) is 6. The second kappa shape index (κ2) is 11.0. The summed E-state index contributed by atoms with van der Waals surface area (Å²) in [6.45, 7) is 2.92. The van der Waals surface area contributed by atoms with Crippen LogP contribution in [0.25, 0.3) is 22.2 Å². The monoisotopic (exact) mass is 577 g/mol. The lowest BCUT2D eigenvalue weighted by atomic mass is 9.93. The summed E-state index contributed by atoms with van der Waals surface area (Å²) in [5.74, 6) is 6.55. The van der Waals surface area contributed by atoms with Crippen LogP contribution >= 0.6 is 34.8 Å². The highest BCUT2D eigenvalue weighted by Gasteiger charge is 2.25. The number of fused-ring (bicyclic) bond motifs is 2. The number of morpholine rings is 1. The van der Waals surface area contributed by atoms with Gasteiger partial charge < -0.3 is 14.4 Å². The number of carbonyl (C=O) groups is 1. The lowest BCUT2D eigenvalue weighted by Gasteiger charge is -2.31. The number of ketones is 1. The van der Waals surface area contributed by atoms with Gasteiger partial charge in [0.2, 0.25) is 5.78 Å². The van der Waals surface area contributed by atoms with Gasteiger partial charge in [-0.25, -0.2) is 0 Å². The van der Waals surface area contributed by atoms with E-state index in [4.69, 9.17) is 49.3 Å². The molecule has 0 spiro atoms. The molecule has 2 aromatic heterocycles. The summed E-state index contributed by atoms with van der Waals surface area (Å²) in [5.41, 5.74) is 3.87. The van der Waals surface area contributed by atoms with Gasteiger partial charge in [0.05, 0.1) is 58.2 Å². The molecule has 1 unspecified atom stereocenters. The molecule has 2 aromatic carbocycles. The Morgan fingerprint density at radius 2 is 1.85 bits per heavy atom. The highest BCUT2D eigenvalue weighted by molar-refractivity contribution is 6.45. The average molecular weight is 579 g/mol.